The number of non-ortho nitro benzene ring substituents is 1. The maximum Gasteiger partial charge on any atom is 0.330 e. The molecular weight excluding hydrogens is 574 g/mol. The molecular formula is C35H27N3O7. The molecule has 3 aliphatic rings. The van der Waals surface area contributed by atoms with E-state index in [1.807, 2.05) is 102 Å². The molecule has 3 heterocycles. The van der Waals surface area contributed by atoms with Crippen LogP contribution in [0.1, 0.15) is 22.8 Å². The number of nitro benzene ring substituents is 1. The van der Waals surface area contributed by atoms with Gasteiger partial charge in [-0.05, 0) is 28.8 Å². The fourth-order valence-corrected chi connectivity index (χ4v) is 6.76. The number of rotatable bonds is 7. The van der Waals surface area contributed by atoms with Crippen molar-refractivity contribution in [2.75, 3.05) is 16.9 Å². The van der Waals surface area contributed by atoms with Gasteiger partial charge in [0.25, 0.3) is 5.69 Å². The summed E-state index contributed by atoms with van der Waals surface area (Å²) in [6.07, 6.45) is 2.94. The van der Waals surface area contributed by atoms with E-state index in [0.29, 0.717) is 5.69 Å². The van der Waals surface area contributed by atoms with Gasteiger partial charge in [0.2, 0.25) is 11.8 Å². The van der Waals surface area contributed by atoms with Gasteiger partial charge in [-0.25, -0.2) is 9.69 Å². The Morgan fingerprint density at radius 2 is 1.44 bits per heavy atom. The molecule has 0 bridgehead atoms. The largest absolute Gasteiger partial charge is 0.495 e. The molecule has 2 amide bonds. The third-order valence-corrected chi connectivity index (χ3v) is 8.71. The highest BCUT2D eigenvalue weighted by Crippen LogP contribution is 2.51. The number of ether oxygens (including phenoxy) is 2. The van der Waals surface area contributed by atoms with Crippen LogP contribution < -0.4 is 14.5 Å². The van der Waals surface area contributed by atoms with Crippen LogP contribution in [0.15, 0.2) is 109 Å². The molecule has 0 spiro atoms. The number of esters is 1. The summed E-state index contributed by atoms with van der Waals surface area (Å²) < 4.78 is 11.7. The highest BCUT2D eigenvalue weighted by Gasteiger charge is 2.65. The molecule has 3 aliphatic heterocycles. The molecule has 7 rings (SSSR count). The van der Waals surface area contributed by atoms with Crippen LogP contribution in [0.3, 0.4) is 0 Å². The van der Waals surface area contributed by atoms with Crippen molar-refractivity contribution < 1.29 is 28.8 Å². The van der Waals surface area contributed by atoms with Gasteiger partial charge in [-0.1, -0.05) is 91.0 Å². The summed E-state index contributed by atoms with van der Waals surface area (Å²) in [4.78, 5) is 56.8. The van der Waals surface area contributed by atoms with Gasteiger partial charge in [-0.2, -0.15) is 0 Å². The second kappa shape index (κ2) is 11.1. The van der Waals surface area contributed by atoms with Crippen LogP contribution >= 0.6 is 0 Å². The zero-order valence-corrected chi connectivity index (χ0v) is 24.1. The standard InChI is InChI=1S/C35H27N3O7/c1-44-28-19-17-24(38(42)43)20-27(28)37-33(39)29-26-18-16-21-10-8-9-15-25(21)36(26)31(30(29)34(37)40)35(41)45-32(22-11-4-2-5-12-22)23-13-6-3-7-14-23/h2-20,26,29-32H,1H3/t26-,29+,30+,31+/m1/s1. The Bertz CT molecular complexity index is 1820. The van der Waals surface area contributed by atoms with Gasteiger partial charge in [0, 0.05) is 17.8 Å². The van der Waals surface area contributed by atoms with Crippen molar-refractivity contribution in [3.05, 3.63) is 136 Å². The molecule has 45 heavy (non-hydrogen) atoms. The fraction of sp³-hybridized carbons (Fsp3) is 0.171. The molecule has 10 heteroatoms. The van der Waals surface area contributed by atoms with Crippen molar-refractivity contribution in [1.82, 2.24) is 0 Å². The van der Waals surface area contributed by atoms with Crippen LogP contribution in [0.4, 0.5) is 17.1 Å². The lowest BCUT2D eigenvalue weighted by atomic mass is 9.88. The maximum absolute atomic E-state index is 14.5. The lowest BCUT2D eigenvalue weighted by molar-refractivity contribution is -0.384. The lowest BCUT2D eigenvalue weighted by Crippen LogP contribution is -2.49. The number of nitrogens with zero attached hydrogens (tertiary/aromatic N) is 3. The van der Waals surface area contributed by atoms with Crippen molar-refractivity contribution in [2.24, 2.45) is 11.8 Å². The molecule has 0 unspecified atom stereocenters. The van der Waals surface area contributed by atoms with Crippen LogP contribution in [0, 0.1) is 22.0 Å². The summed E-state index contributed by atoms with van der Waals surface area (Å²) in [5, 5.41) is 11.6. The van der Waals surface area contributed by atoms with E-state index >= 15 is 0 Å². The second-order valence-electron chi connectivity index (χ2n) is 11.1. The van der Waals surface area contributed by atoms with Gasteiger partial charge in [0.1, 0.15) is 17.5 Å². The Morgan fingerprint density at radius 3 is 2.09 bits per heavy atom. The predicted molar refractivity (Wildman–Crippen MR) is 165 cm³/mol. The van der Waals surface area contributed by atoms with Crippen molar-refractivity contribution in [3.63, 3.8) is 0 Å². The number of benzene rings is 4. The molecule has 4 aromatic rings. The van der Waals surface area contributed by atoms with E-state index in [-0.39, 0.29) is 17.1 Å². The average molecular weight is 602 g/mol. The SMILES string of the molecule is COc1ccc([N+](=O)[O-])cc1N1C(=O)[C@@H]2[C@H](C1=O)[C@@H](C(=O)OC(c1ccccc1)c1ccccc1)N1c3ccccc3C=C[C@H]21. The molecule has 224 valence electrons. The Hall–Kier alpha value is -5.77. The van der Waals surface area contributed by atoms with E-state index in [2.05, 4.69) is 0 Å². The van der Waals surface area contributed by atoms with E-state index in [1.165, 1.54) is 19.2 Å². The smallest absolute Gasteiger partial charge is 0.330 e. The summed E-state index contributed by atoms with van der Waals surface area (Å²) in [6.45, 7) is 0. The number of methoxy groups -OCH3 is 1. The van der Waals surface area contributed by atoms with Crippen LogP contribution in [-0.2, 0) is 19.1 Å². The lowest BCUT2D eigenvalue weighted by Gasteiger charge is -2.36. The summed E-state index contributed by atoms with van der Waals surface area (Å²) in [7, 11) is 1.35. The quantitative estimate of drug-likeness (QED) is 0.121. The van der Waals surface area contributed by atoms with E-state index in [1.54, 1.807) is 0 Å². The molecule has 0 N–H and O–H groups in total. The van der Waals surface area contributed by atoms with E-state index in [4.69, 9.17) is 9.47 Å². The molecule has 0 radical (unpaired) electrons. The van der Waals surface area contributed by atoms with E-state index < -0.39 is 52.7 Å². The predicted octanol–water partition coefficient (Wildman–Crippen LogP) is 5.33. The number of amides is 2. The molecule has 0 aromatic heterocycles. The number of carbonyl (C=O) groups is 3. The number of hydrogen-bond donors (Lipinski definition) is 0. The number of nitro groups is 1. The summed E-state index contributed by atoms with van der Waals surface area (Å²) in [5.41, 5.74) is 2.70. The minimum Gasteiger partial charge on any atom is -0.495 e. The topological polar surface area (TPSA) is 119 Å². The minimum absolute atomic E-state index is 0.0404. The van der Waals surface area contributed by atoms with Gasteiger partial charge in [-0.15, -0.1) is 0 Å². The highest BCUT2D eigenvalue weighted by molar-refractivity contribution is 6.25. The molecule has 0 aliphatic carbocycles. The van der Waals surface area contributed by atoms with Crippen molar-refractivity contribution in [2.45, 2.75) is 18.2 Å². The van der Waals surface area contributed by atoms with Gasteiger partial charge >= 0.3 is 5.97 Å². The average Bonchev–Trinajstić information content (AvgIpc) is 3.56. The first-order valence-corrected chi connectivity index (χ1v) is 14.4. The Balaban J connectivity index is 1.33. The van der Waals surface area contributed by atoms with E-state index in [0.717, 1.165) is 27.7 Å². The summed E-state index contributed by atoms with van der Waals surface area (Å²) >= 11 is 0. The maximum atomic E-state index is 14.5. The molecule has 10 nitrogen and oxygen atoms in total. The zero-order chi connectivity index (χ0) is 31.2. The van der Waals surface area contributed by atoms with Crippen molar-refractivity contribution in [3.8, 4) is 5.75 Å². The number of fused-ring (bicyclic) bond motifs is 5. The summed E-state index contributed by atoms with van der Waals surface area (Å²) in [6, 6.07) is 28.0. The van der Waals surface area contributed by atoms with Crippen molar-refractivity contribution in [1.29, 1.82) is 0 Å². The first-order chi connectivity index (χ1) is 21.9. The molecule has 0 saturated carbocycles. The third-order valence-electron chi connectivity index (χ3n) is 8.71. The molecule has 2 saturated heterocycles. The second-order valence-corrected chi connectivity index (χ2v) is 11.1. The Morgan fingerprint density at radius 1 is 0.822 bits per heavy atom. The number of anilines is 2. The number of para-hydroxylation sites is 1. The van der Waals surface area contributed by atoms with Gasteiger partial charge < -0.3 is 14.4 Å². The molecule has 4 aromatic carbocycles. The van der Waals surface area contributed by atoms with E-state index in [9.17, 15) is 24.5 Å². The Kier molecular flexibility index (Phi) is 6.89. The first-order valence-electron chi connectivity index (χ1n) is 14.4. The van der Waals surface area contributed by atoms with Crippen LogP contribution in [0.25, 0.3) is 6.08 Å². The highest BCUT2D eigenvalue weighted by atomic mass is 16.6. The van der Waals surface area contributed by atoms with Gasteiger partial charge in [0.05, 0.1) is 29.9 Å². The first kappa shape index (κ1) is 28.0. The number of imide groups is 1. The van der Waals surface area contributed by atoms with Crippen LogP contribution in [-0.4, -0.2) is 41.9 Å². The van der Waals surface area contributed by atoms with Crippen molar-refractivity contribution >= 4 is 40.9 Å². The van der Waals surface area contributed by atoms with Crippen LogP contribution in [0.2, 0.25) is 0 Å². The zero-order valence-electron chi connectivity index (χ0n) is 24.1. The van der Waals surface area contributed by atoms with Crippen LogP contribution in [0.5, 0.6) is 5.75 Å². The Labute approximate surface area is 258 Å². The molecule has 4 atom stereocenters. The third kappa shape index (κ3) is 4.53. The summed E-state index contributed by atoms with van der Waals surface area (Å²) in [5.74, 6) is -3.83. The number of hydrogen-bond acceptors (Lipinski definition) is 8. The van der Waals surface area contributed by atoms with Gasteiger partial charge in [0.15, 0.2) is 6.10 Å². The molecule has 2 fully saturated rings. The fourth-order valence-electron chi connectivity index (χ4n) is 6.76. The minimum atomic E-state index is -1.16. The monoisotopic (exact) mass is 601 g/mol. The normalized spacial score (nSPS) is 21.4. The van der Waals surface area contributed by atoms with Gasteiger partial charge in [-0.3, -0.25) is 19.7 Å². The number of carbonyl (C=O) groups excluding carboxylic acids is 3.